The molecule has 0 bridgehead atoms. The van der Waals surface area contributed by atoms with Crippen LogP contribution in [0.1, 0.15) is 10.4 Å². The molecule has 29 heavy (non-hydrogen) atoms. The molecule has 152 valence electrons. The van der Waals surface area contributed by atoms with E-state index in [9.17, 15) is 4.39 Å². The second-order valence-corrected chi connectivity index (χ2v) is 8.62. The van der Waals surface area contributed by atoms with E-state index in [0.29, 0.717) is 5.69 Å². The van der Waals surface area contributed by atoms with Gasteiger partial charge < -0.3 is 15.1 Å². The fourth-order valence-electron chi connectivity index (χ4n) is 3.48. The molecule has 0 radical (unpaired) electrons. The van der Waals surface area contributed by atoms with Crippen LogP contribution in [0.4, 0.5) is 15.9 Å². The average Bonchev–Trinajstić information content (AvgIpc) is 3.28. The fraction of sp³-hybridized carbons (Fsp3) is 0.333. The van der Waals surface area contributed by atoms with Crippen LogP contribution in [-0.4, -0.2) is 42.4 Å². The van der Waals surface area contributed by atoms with E-state index < -0.39 is 0 Å². The van der Waals surface area contributed by atoms with Gasteiger partial charge in [-0.2, -0.15) is 0 Å². The summed E-state index contributed by atoms with van der Waals surface area (Å²) < 4.78 is 14.1. The van der Waals surface area contributed by atoms with E-state index in [2.05, 4.69) is 37.6 Å². The Hall–Kier alpha value is -2.16. The molecule has 1 aromatic carbocycles. The Labute approximate surface area is 179 Å². The van der Waals surface area contributed by atoms with E-state index in [-0.39, 0.29) is 5.82 Å². The highest BCUT2D eigenvalue weighted by atomic mass is 32.2. The second-order valence-electron chi connectivity index (χ2n) is 6.81. The summed E-state index contributed by atoms with van der Waals surface area (Å²) in [5.41, 5.74) is 1.77. The molecule has 1 fully saturated rings. The summed E-state index contributed by atoms with van der Waals surface area (Å²) in [5, 5.41) is 6.37. The number of benzene rings is 1. The van der Waals surface area contributed by atoms with Gasteiger partial charge in [0.05, 0.1) is 5.69 Å². The minimum atomic E-state index is -0.161. The topological polar surface area (TPSA) is 44.3 Å². The third-order valence-corrected chi connectivity index (χ3v) is 6.41. The van der Waals surface area contributed by atoms with Gasteiger partial charge in [-0.3, -0.25) is 0 Å². The Kier molecular flexibility index (Phi) is 6.63. The first-order chi connectivity index (χ1) is 14.2. The van der Waals surface area contributed by atoms with Crippen molar-refractivity contribution in [3.05, 3.63) is 64.2 Å². The number of thiophene rings is 1. The maximum absolute atomic E-state index is 14.1. The quantitative estimate of drug-likeness (QED) is 0.452. The molecule has 2 aromatic heterocycles. The van der Waals surface area contributed by atoms with Crippen LogP contribution in [-0.2, 0) is 13.1 Å². The summed E-state index contributed by atoms with van der Waals surface area (Å²) >= 11 is 3.30. The number of anilines is 2. The number of halogens is 1. The predicted molar refractivity (Wildman–Crippen MR) is 120 cm³/mol. The van der Waals surface area contributed by atoms with Gasteiger partial charge >= 0.3 is 0 Å². The number of thioether (sulfide) groups is 1. The highest BCUT2D eigenvalue weighted by Crippen LogP contribution is 2.25. The smallest absolute Gasteiger partial charge is 0.189 e. The molecule has 1 saturated heterocycles. The predicted octanol–water partition coefficient (Wildman–Crippen LogP) is 4.02. The molecule has 0 amide bonds. The monoisotopic (exact) mass is 429 g/mol. The lowest BCUT2D eigenvalue weighted by atomic mass is 10.2. The summed E-state index contributed by atoms with van der Waals surface area (Å²) in [4.78, 5) is 15.0. The molecule has 0 atom stereocenters. The molecule has 0 saturated carbocycles. The van der Waals surface area contributed by atoms with Gasteiger partial charge in [-0.25, -0.2) is 14.4 Å². The molecule has 0 aliphatic carbocycles. The Balaban J connectivity index is 1.45. The number of aromatic nitrogens is 2. The number of para-hydroxylation sites is 1. The minimum Gasteiger partial charge on any atom is -0.366 e. The van der Waals surface area contributed by atoms with Crippen molar-refractivity contribution in [3.63, 3.8) is 0 Å². The van der Waals surface area contributed by atoms with E-state index in [1.165, 1.54) is 10.9 Å². The lowest BCUT2D eigenvalue weighted by Crippen LogP contribution is -2.47. The largest absolute Gasteiger partial charge is 0.366 e. The van der Waals surface area contributed by atoms with Crippen LogP contribution in [0.5, 0.6) is 0 Å². The molecule has 0 unspecified atom stereocenters. The van der Waals surface area contributed by atoms with E-state index >= 15 is 0 Å². The first kappa shape index (κ1) is 20.1. The third-order valence-electron chi connectivity index (χ3n) is 4.97. The SMILES string of the molecule is CSc1ncc(CNCc2cccs2)c(N2CCN(c3ccccc3F)CC2)n1. The van der Waals surface area contributed by atoms with Crippen molar-refractivity contribution >= 4 is 34.6 Å². The zero-order chi connectivity index (χ0) is 20.1. The molecular formula is C21H24FN5S2. The number of rotatable bonds is 7. The molecule has 0 spiro atoms. The maximum Gasteiger partial charge on any atom is 0.189 e. The lowest BCUT2D eigenvalue weighted by Gasteiger charge is -2.37. The van der Waals surface area contributed by atoms with Gasteiger partial charge in [0.2, 0.25) is 0 Å². The number of piperazine rings is 1. The zero-order valence-corrected chi connectivity index (χ0v) is 18.0. The highest BCUT2D eigenvalue weighted by Gasteiger charge is 2.22. The summed E-state index contributed by atoms with van der Waals surface area (Å²) in [5.74, 6) is 0.822. The molecule has 8 heteroatoms. The van der Waals surface area contributed by atoms with Crippen LogP contribution in [0, 0.1) is 5.82 Å². The number of nitrogens with one attached hydrogen (secondary N) is 1. The highest BCUT2D eigenvalue weighted by molar-refractivity contribution is 7.98. The van der Waals surface area contributed by atoms with Crippen molar-refractivity contribution in [2.75, 3.05) is 42.2 Å². The molecular weight excluding hydrogens is 405 g/mol. The zero-order valence-electron chi connectivity index (χ0n) is 16.3. The van der Waals surface area contributed by atoms with Crippen LogP contribution in [0.3, 0.4) is 0 Å². The molecule has 3 aromatic rings. The molecule has 1 aliphatic rings. The normalized spacial score (nSPS) is 14.4. The van der Waals surface area contributed by atoms with E-state index in [4.69, 9.17) is 4.98 Å². The van der Waals surface area contributed by atoms with Crippen molar-refractivity contribution in [2.24, 2.45) is 0 Å². The molecule has 5 nitrogen and oxygen atoms in total. The summed E-state index contributed by atoms with van der Waals surface area (Å²) in [6.07, 6.45) is 3.92. The minimum absolute atomic E-state index is 0.161. The van der Waals surface area contributed by atoms with Crippen LogP contribution in [0.25, 0.3) is 0 Å². The van der Waals surface area contributed by atoms with Crippen LogP contribution in [0.15, 0.2) is 53.1 Å². The fourth-order valence-corrected chi connectivity index (χ4v) is 4.49. The van der Waals surface area contributed by atoms with Gasteiger partial charge in [-0.15, -0.1) is 11.3 Å². The Morgan fingerprint density at radius 3 is 2.59 bits per heavy atom. The molecule has 1 aliphatic heterocycles. The lowest BCUT2D eigenvalue weighted by molar-refractivity contribution is 0.592. The van der Waals surface area contributed by atoms with E-state index in [1.54, 1.807) is 29.2 Å². The van der Waals surface area contributed by atoms with Crippen molar-refractivity contribution in [2.45, 2.75) is 18.2 Å². The number of hydrogen-bond donors (Lipinski definition) is 1. The number of hydrogen-bond acceptors (Lipinski definition) is 7. The Bertz CT molecular complexity index is 927. The van der Waals surface area contributed by atoms with Gasteiger partial charge in [0.1, 0.15) is 11.6 Å². The standard InChI is InChI=1S/C21H24FN5S2/c1-28-21-24-14-16(13-23-15-17-5-4-12-29-17)20(25-21)27-10-8-26(9-11-27)19-7-3-2-6-18(19)22/h2-7,12,14,23H,8-11,13,15H2,1H3. The average molecular weight is 430 g/mol. The van der Waals surface area contributed by atoms with Crippen molar-refractivity contribution in [1.82, 2.24) is 15.3 Å². The van der Waals surface area contributed by atoms with Crippen LogP contribution < -0.4 is 15.1 Å². The third kappa shape index (κ3) is 4.88. The van der Waals surface area contributed by atoms with Crippen molar-refractivity contribution < 1.29 is 4.39 Å². The van der Waals surface area contributed by atoms with Gasteiger partial charge in [-0.05, 0) is 29.8 Å². The molecule has 1 N–H and O–H groups in total. The van der Waals surface area contributed by atoms with Gasteiger partial charge in [-0.1, -0.05) is 30.0 Å². The second kappa shape index (κ2) is 9.56. The number of nitrogens with zero attached hydrogens (tertiary/aromatic N) is 4. The van der Waals surface area contributed by atoms with Gasteiger partial charge in [0, 0.05) is 55.9 Å². The van der Waals surface area contributed by atoms with E-state index in [0.717, 1.165) is 55.8 Å². The van der Waals surface area contributed by atoms with Gasteiger partial charge in [0.25, 0.3) is 0 Å². The van der Waals surface area contributed by atoms with Gasteiger partial charge in [0.15, 0.2) is 5.16 Å². The first-order valence-electron chi connectivity index (χ1n) is 9.62. The maximum atomic E-state index is 14.1. The summed E-state index contributed by atoms with van der Waals surface area (Å²) in [6.45, 7) is 4.69. The van der Waals surface area contributed by atoms with Crippen molar-refractivity contribution in [3.8, 4) is 0 Å². The Morgan fingerprint density at radius 2 is 1.86 bits per heavy atom. The first-order valence-corrected chi connectivity index (χ1v) is 11.7. The van der Waals surface area contributed by atoms with Crippen LogP contribution >= 0.6 is 23.1 Å². The molecule has 3 heterocycles. The van der Waals surface area contributed by atoms with Crippen molar-refractivity contribution in [1.29, 1.82) is 0 Å². The Morgan fingerprint density at radius 1 is 1.07 bits per heavy atom. The van der Waals surface area contributed by atoms with E-state index in [1.807, 2.05) is 24.6 Å². The van der Waals surface area contributed by atoms with Crippen LogP contribution in [0.2, 0.25) is 0 Å². The summed E-state index contributed by atoms with van der Waals surface area (Å²) in [7, 11) is 0. The molecule has 4 rings (SSSR count). The summed E-state index contributed by atoms with van der Waals surface area (Å²) in [6, 6.07) is 11.2.